The van der Waals surface area contributed by atoms with Crippen LogP contribution in [-0.2, 0) is 17.6 Å². The Morgan fingerprint density at radius 2 is 2.32 bits per heavy atom. The molecule has 0 fully saturated rings. The molecule has 1 aromatic rings. The Balaban J connectivity index is 1.90. The maximum Gasteiger partial charge on any atom is 0.321 e. The Hall–Kier alpha value is -2.24. The number of hydrogen-bond donors (Lipinski definition) is 2. The number of nitrogens with zero attached hydrogens (tertiary/aromatic N) is 2. The molecule has 1 atom stereocenters. The van der Waals surface area contributed by atoms with E-state index in [1.165, 1.54) is 11.1 Å². The van der Waals surface area contributed by atoms with Gasteiger partial charge in [-0.15, -0.1) is 0 Å². The van der Waals surface area contributed by atoms with E-state index in [-0.39, 0.29) is 11.6 Å². The summed E-state index contributed by atoms with van der Waals surface area (Å²) in [6.45, 7) is 3.14. The highest BCUT2D eigenvalue weighted by atomic mass is 16.5. The van der Waals surface area contributed by atoms with Crippen molar-refractivity contribution in [3.8, 4) is 0 Å². The number of nitrogens with one attached hydrogen (secondary N) is 1. The van der Waals surface area contributed by atoms with Crippen molar-refractivity contribution in [3.05, 3.63) is 29.3 Å². The van der Waals surface area contributed by atoms with E-state index in [4.69, 9.17) is 10.5 Å². The smallest absolute Gasteiger partial charge is 0.321 e. The largest absolute Gasteiger partial charge is 0.463 e. The maximum atomic E-state index is 12.0. The third kappa shape index (κ3) is 2.49. The van der Waals surface area contributed by atoms with Crippen LogP contribution in [-0.4, -0.2) is 37.8 Å². The minimum Gasteiger partial charge on any atom is -0.463 e. The van der Waals surface area contributed by atoms with Crippen molar-refractivity contribution in [3.63, 3.8) is 0 Å². The zero-order valence-corrected chi connectivity index (χ0v) is 13.1. The first-order valence-corrected chi connectivity index (χ1v) is 7.66. The average Bonchev–Trinajstić information content (AvgIpc) is 2.87. The lowest BCUT2D eigenvalue weighted by Crippen LogP contribution is -2.38. The summed E-state index contributed by atoms with van der Waals surface area (Å²) in [6, 6.07) is 6.42. The fraction of sp³-hybridized carbons (Fsp3) is 0.500. The number of carbonyl (C=O) groups excluding carboxylic acids is 1. The number of fused-ring (bicyclic) bond motifs is 1. The lowest BCUT2D eigenvalue weighted by molar-refractivity contribution is 0.235. The molecule has 0 radical (unpaired) electrons. The van der Waals surface area contributed by atoms with Gasteiger partial charge in [0.05, 0.1) is 0 Å². The number of carbonyl (C=O) groups is 1. The number of ether oxygens (including phenoxy) is 1. The lowest BCUT2D eigenvalue weighted by atomic mass is 9.79. The average molecular weight is 302 g/mol. The van der Waals surface area contributed by atoms with Gasteiger partial charge in [0.15, 0.2) is 0 Å². The molecule has 0 saturated heterocycles. The molecule has 3 rings (SSSR count). The van der Waals surface area contributed by atoms with Crippen molar-refractivity contribution in [2.45, 2.75) is 31.7 Å². The third-order valence-electron chi connectivity index (χ3n) is 4.49. The second-order valence-electron chi connectivity index (χ2n) is 5.89. The molecule has 6 heteroatoms. The SMILES string of the molecule is CCN(C(=O)NC)c1ccc2c(c1)CC1(CC2)COC(N)=N1. The van der Waals surface area contributed by atoms with E-state index < -0.39 is 0 Å². The van der Waals surface area contributed by atoms with Gasteiger partial charge in [-0.3, -0.25) is 4.90 Å². The zero-order valence-electron chi connectivity index (χ0n) is 13.1. The number of aryl methyl sites for hydroxylation is 1. The molecule has 1 aromatic carbocycles. The molecule has 1 unspecified atom stereocenters. The number of anilines is 1. The predicted octanol–water partition coefficient (Wildman–Crippen LogP) is 1.42. The molecule has 1 aliphatic carbocycles. The molecule has 22 heavy (non-hydrogen) atoms. The number of rotatable bonds is 2. The number of benzene rings is 1. The van der Waals surface area contributed by atoms with Crippen LogP contribution in [0.25, 0.3) is 0 Å². The van der Waals surface area contributed by atoms with E-state index in [0.29, 0.717) is 19.2 Å². The van der Waals surface area contributed by atoms with Crippen molar-refractivity contribution in [1.29, 1.82) is 0 Å². The van der Waals surface area contributed by atoms with Gasteiger partial charge in [-0.25, -0.2) is 9.79 Å². The van der Waals surface area contributed by atoms with Crippen LogP contribution in [0.2, 0.25) is 0 Å². The van der Waals surface area contributed by atoms with E-state index >= 15 is 0 Å². The lowest BCUT2D eigenvalue weighted by Gasteiger charge is -2.31. The van der Waals surface area contributed by atoms with Gasteiger partial charge in [-0.1, -0.05) is 6.07 Å². The Morgan fingerprint density at radius 1 is 1.50 bits per heavy atom. The fourth-order valence-electron chi connectivity index (χ4n) is 3.30. The van der Waals surface area contributed by atoms with Gasteiger partial charge >= 0.3 is 6.03 Å². The molecule has 1 spiro atoms. The number of amides is 2. The highest BCUT2D eigenvalue weighted by Gasteiger charge is 2.39. The van der Waals surface area contributed by atoms with E-state index in [2.05, 4.69) is 22.4 Å². The molecule has 118 valence electrons. The Bertz CT molecular complexity index is 629. The van der Waals surface area contributed by atoms with Crippen molar-refractivity contribution in [1.82, 2.24) is 5.32 Å². The van der Waals surface area contributed by atoms with Crippen molar-refractivity contribution in [2.75, 3.05) is 25.1 Å². The van der Waals surface area contributed by atoms with Crippen LogP contribution in [0.1, 0.15) is 24.5 Å². The van der Waals surface area contributed by atoms with Gasteiger partial charge in [0.2, 0.25) is 0 Å². The highest BCUT2D eigenvalue weighted by molar-refractivity contribution is 5.91. The standard InChI is InChI=1S/C16H22N4O2/c1-3-20(15(21)18-2)13-5-4-11-6-7-16(9-12(11)8-13)10-22-14(17)19-16/h4-5,8H,3,6-7,9-10H2,1-2H3,(H2,17,19)(H,18,21). The second-order valence-corrected chi connectivity index (χ2v) is 5.89. The predicted molar refractivity (Wildman–Crippen MR) is 86.2 cm³/mol. The summed E-state index contributed by atoms with van der Waals surface area (Å²) in [5, 5.41) is 2.68. The van der Waals surface area contributed by atoms with Crippen LogP contribution in [0.5, 0.6) is 0 Å². The highest BCUT2D eigenvalue weighted by Crippen LogP contribution is 2.36. The Labute approximate surface area is 130 Å². The van der Waals surface area contributed by atoms with Gasteiger partial charge < -0.3 is 15.8 Å². The number of amidine groups is 1. The molecule has 6 nitrogen and oxygen atoms in total. The van der Waals surface area contributed by atoms with Crippen LogP contribution < -0.4 is 16.0 Å². The summed E-state index contributed by atoms with van der Waals surface area (Å²) < 4.78 is 5.37. The van der Waals surface area contributed by atoms with Crippen molar-refractivity contribution >= 4 is 17.7 Å². The Kier molecular flexibility index (Phi) is 3.68. The normalized spacial score (nSPS) is 22.7. The van der Waals surface area contributed by atoms with Gasteiger partial charge in [-0.2, -0.15) is 0 Å². The van der Waals surface area contributed by atoms with Crippen molar-refractivity contribution < 1.29 is 9.53 Å². The molecule has 2 amide bonds. The molecular formula is C16H22N4O2. The van der Waals surface area contributed by atoms with Gasteiger partial charge in [0, 0.05) is 25.7 Å². The summed E-state index contributed by atoms with van der Waals surface area (Å²) in [5.41, 5.74) is 8.92. The molecule has 1 heterocycles. The topological polar surface area (TPSA) is 80.0 Å². The minimum atomic E-state index is -0.222. The third-order valence-corrected chi connectivity index (χ3v) is 4.49. The number of urea groups is 1. The molecule has 0 saturated carbocycles. The maximum absolute atomic E-state index is 12.0. The van der Waals surface area contributed by atoms with E-state index in [1.807, 2.05) is 13.0 Å². The first-order valence-electron chi connectivity index (χ1n) is 7.66. The minimum absolute atomic E-state index is 0.0977. The van der Waals surface area contributed by atoms with Crippen LogP contribution >= 0.6 is 0 Å². The quantitative estimate of drug-likeness (QED) is 0.867. The molecular weight excluding hydrogens is 280 g/mol. The van der Waals surface area contributed by atoms with Gasteiger partial charge in [0.1, 0.15) is 12.1 Å². The number of hydrogen-bond acceptors (Lipinski definition) is 4. The van der Waals surface area contributed by atoms with Crippen LogP contribution in [0.4, 0.5) is 10.5 Å². The van der Waals surface area contributed by atoms with Crippen molar-refractivity contribution in [2.24, 2.45) is 10.7 Å². The van der Waals surface area contributed by atoms with E-state index in [9.17, 15) is 4.79 Å². The second kappa shape index (κ2) is 5.51. The van der Waals surface area contributed by atoms with Gasteiger partial charge in [-0.05, 0) is 43.0 Å². The summed E-state index contributed by atoms with van der Waals surface area (Å²) in [5.74, 6) is 0. The van der Waals surface area contributed by atoms with Gasteiger partial charge in [0.25, 0.3) is 6.02 Å². The fourth-order valence-corrected chi connectivity index (χ4v) is 3.30. The van der Waals surface area contributed by atoms with E-state index in [1.54, 1.807) is 11.9 Å². The molecule has 2 aliphatic rings. The molecule has 0 bridgehead atoms. The van der Waals surface area contributed by atoms with Crippen LogP contribution in [0, 0.1) is 0 Å². The Morgan fingerprint density at radius 3 is 2.95 bits per heavy atom. The monoisotopic (exact) mass is 302 g/mol. The summed E-state index contributed by atoms with van der Waals surface area (Å²) in [6.07, 6.45) is 2.72. The first-order chi connectivity index (χ1) is 10.6. The summed E-state index contributed by atoms with van der Waals surface area (Å²) >= 11 is 0. The molecule has 1 aliphatic heterocycles. The first kappa shape index (κ1) is 14.7. The molecule has 0 aromatic heterocycles. The number of nitrogens with two attached hydrogens (primary N) is 1. The summed E-state index contributed by atoms with van der Waals surface area (Å²) in [7, 11) is 1.64. The summed E-state index contributed by atoms with van der Waals surface area (Å²) in [4.78, 5) is 18.2. The zero-order chi connectivity index (χ0) is 15.7. The number of aliphatic imine (C=N–C) groups is 1. The molecule has 3 N–H and O–H groups in total. The van der Waals surface area contributed by atoms with Crippen LogP contribution in [0.3, 0.4) is 0 Å². The van der Waals surface area contributed by atoms with E-state index in [0.717, 1.165) is 24.9 Å². The van der Waals surface area contributed by atoms with Crippen LogP contribution in [0.15, 0.2) is 23.2 Å².